The number of phenols is 2. The second-order valence-corrected chi connectivity index (χ2v) is 4.19. The topological polar surface area (TPSA) is 98.7 Å². The van der Waals surface area contributed by atoms with Gasteiger partial charge in [0, 0.05) is 12.1 Å². The van der Waals surface area contributed by atoms with Crippen LogP contribution in [-0.2, 0) is 4.79 Å². The molecule has 0 aliphatic carbocycles. The molecule has 104 valence electrons. The van der Waals surface area contributed by atoms with Gasteiger partial charge >= 0.3 is 0 Å². The van der Waals surface area contributed by atoms with Crippen molar-refractivity contribution in [1.82, 2.24) is 10.6 Å². The molecule has 2 amide bonds. The molecule has 0 aliphatic rings. The molecule has 1 aromatic rings. The summed E-state index contributed by atoms with van der Waals surface area (Å²) in [5, 5.41) is 23.6. The van der Waals surface area contributed by atoms with Crippen molar-refractivity contribution < 1.29 is 19.8 Å². The van der Waals surface area contributed by atoms with Crippen molar-refractivity contribution in [1.29, 1.82) is 0 Å². The van der Waals surface area contributed by atoms with Crippen molar-refractivity contribution in [3.8, 4) is 11.5 Å². The summed E-state index contributed by atoms with van der Waals surface area (Å²) in [6.07, 6.45) is 0.818. The highest BCUT2D eigenvalue weighted by Gasteiger charge is 2.16. The predicted molar refractivity (Wildman–Crippen MR) is 70.0 cm³/mol. The Bertz CT molecular complexity index is 474. The highest BCUT2D eigenvalue weighted by molar-refractivity contribution is 5.97. The van der Waals surface area contributed by atoms with Gasteiger partial charge in [-0.3, -0.25) is 9.59 Å². The molecule has 0 aromatic heterocycles. The van der Waals surface area contributed by atoms with Crippen molar-refractivity contribution in [2.45, 2.75) is 26.3 Å². The summed E-state index contributed by atoms with van der Waals surface area (Å²) in [6.45, 7) is 4.06. The fourth-order valence-electron chi connectivity index (χ4n) is 1.41. The third-order valence-corrected chi connectivity index (χ3v) is 2.53. The summed E-state index contributed by atoms with van der Waals surface area (Å²) >= 11 is 0. The van der Waals surface area contributed by atoms with E-state index in [-0.39, 0.29) is 23.0 Å². The molecule has 0 saturated carbocycles. The fraction of sp³-hybridized carbons (Fsp3) is 0.385. The van der Waals surface area contributed by atoms with Crippen LogP contribution in [0.4, 0.5) is 0 Å². The number of carbonyl (C=O) groups excluding carboxylic acids is 2. The van der Waals surface area contributed by atoms with Crippen LogP contribution in [0.2, 0.25) is 0 Å². The number of hydrogen-bond acceptors (Lipinski definition) is 4. The number of rotatable bonds is 5. The lowest BCUT2D eigenvalue weighted by molar-refractivity contribution is -0.122. The Morgan fingerprint density at radius 2 is 1.95 bits per heavy atom. The molecule has 1 rings (SSSR count). The van der Waals surface area contributed by atoms with Crippen LogP contribution in [-0.4, -0.2) is 34.6 Å². The molecule has 0 bridgehead atoms. The van der Waals surface area contributed by atoms with Crippen LogP contribution >= 0.6 is 0 Å². The molecule has 19 heavy (non-hydrogen) atoms. The zero-order chi connectivity index (χ0) is 14.4. The zero-order valence-electron chi connectivity index (χ0n) is 10.9. The summed E-state index contributed by atoms with van der Waals surface area (Å²) in [5.41, 5.74) is 0.172. The Morgan fingerprint density at radius 1 is 1.26 bits per heavy atom. The maximum Gasteiger partial charge on any atom is 0.252 e. The minimum Gasteiger partial charge on any atom is -0.504 e. The Balaban J connectivity index is 2.63. The number of nitrogens with one attached hydrogen (secondary N) is 2. The van der Waals surface area contributed by atoms with E-state index in [0.29, 0.717) is 6.54 Å². The predicted octanol–water partition coefficient (Wildman–Crippen LogP) is 0.742. The number of amides is 2. The molecule has 0 radical (unpaired) electrons. The van der Waals surface area contributed by atoms with E-state index in [4.69, 9.17) is 5.11 Å². The first-order valence-electron chi connectivity index (χ1n) is 6.06. The van der Waals surface area contributed by atoms with Gasteiger partial charge in [0.15, 0.2) is 11.5 Å². The van der Waals surface area contributed by atoms with E-state index >= 15 is 0 Å². The van der Waals surface area contributed by atoms with Crippen LogP contribution in [0, 0.1) is 0 Å². The van der Waals surface area contributed by atoms with Crippen molar-refractivity contribution in [2.75, 3.05) is 6.54 Å². The first-order chi connectivity index (χ1) is 8.95. The number of benzene rings is 1. The van der Waals surface area contributed by atoms with Crippen LogP contribution in [0.3, 0.4) is 0 Å². The van der Waals surface area contributed by atoms with E-state index in [1.807, 2.05) is 6.92 Å². The van der Waals surface area contributed by atoms with Gasteiger partial charge in [-0.15, -0.1) is 0 Å². The molecule has 1 atom stereocenters. The number of phenolic OH excluding ortho intramolecular Hbond substituents is 2. The van der Waals surface area contributed by atoms with E-state index in [2.05, 4.69) is 10.6 Å². The Hall–Kier alpha value is -2.24. The second kappa shape index (κ2) is 6.63. The van der Waals surface area contributed by atoms with Gasteiger partial charge < -0.3 is 20.8 Å². The van der Waals surface area contributed by atoms with Gasteiger partial charge in [-0.1, -0.05) is 6.92 Å². The van der Waals surface area contributed by atoms with Crippen LogP contribution < -0.4 is 10.6 Å². The monoisotopic (exact) mass is 266 g/mol. The first-order valence-corrected chi connectivity index (χ1v) is 6.06. The van der Waals surface area contributed by atoms with Crippen LogP contribution in [0.25, 0.3) is 0 Å². The maximum absolute atomic E-state index is 11.8. The standard InChI is InChI=1S/C13H18N2O4/c1-3-6-14-12(18)8(2)15-13(19)9-4-5-10(16)11(17)7-9/h4-5,7-8,16-17H,3,6H2,1-2H3,(H,14,18)(H,15,19). The van der Waals surface area contributed by atoms with Gasteiger partial charge in [0.2, 0.25) is 5.91 Å². The number of aromatic hydroxyl groups is 2. The molecular formula is C13H18N2O4. The highest BCUT2D eigenvalue weighted by Crippen LogP contribution is 2.24. The molecule has 0 saturated heterocycles. The third kappa shape index (κ3) is 4.17. The van der Waals surface area contributed by atoms with E-state index in [1.165, 1.54) is 12.1 Å². The fourth-order valence-corrected chi connectivity index (χ4v) is 1.41. The van der Waals surface area contributed by atoms with Crippen molar-refractivity contribution in [3.05, 3.63) is 23.8 Å². The van der Waals surface area contributed by atoms with Gasteiger partial charge in [-0.2, -0.15) is 0 Å². The van der Waals surface area contributed by atoms with Gasteiger partial charge in [-0.25, -0.2) is 0 Å². The summed E-state index contributed by atoms with van der Waals surface area (Å²) < 4.78 is 0. The van der Waals surface area contributed by atoms with Gasteiger partial charge in [0.25, 0.3) is 5.91 Å². The molecule has 1 unspecified atom stereocenters. The van der Waals surface area contributed by atoms with E-state index in [9.17, 15) is 14.7 Å². The van der Waals surface area contributed by atoms with Crippen molar-refractivity contribution >= 4 is 11.8 Å². The van der Waals surface area contributed by atoms with E-state index < -0.39 is 11.9 Å². The summed E-state index contributed by atoms with van der Waals surface area (Å²) in [6, 6.07) is 3.05. The molecule has 0 fully saturated rings. The molecule has 4 N–H and O–H groups in total. The lowest BCUT2D eigenvalue weighted by atomic mass is 10.1. The lowest BCUT2D eigenvalue weighted by Gasteiger charge is -2.14. The van der Waals surface area contributed by atoms with Gasteiger partial charge in [0.05, 0.1) is 0 Å². The minimum atomic E-state index is -0.671. The SMILES string of the molecule is CCCNC(=O)C(C)NC(=O)c1ccc(O)c(O)c1. The first kappa shape index (κ1) is 14.8. The minimum absolute atomic E-state index is 0.172. The summed E-state index contributed by atoms with van der Waals surface area (Å²) in [5.74, 6) is -1.44. The zero-order valence-corrected chi connectivity index (χ0v) is 10.9. The molecule has 6 nitrogen and oxygen atoms in total. The van der Waals surface area contributed by atoms with E-state index in [1.54, 1.807) is 6.92 Å². The summed E-state index contributed by atoms with van der Waals surface area (Å²) in [4.78, 5) is 23.4. The quantitative estimate of drug-likeness (QED) is 0.591. The maximum atomic E-state index is 11.8. The third-order valence-electron chi connectivity index (χ3n) is 2.53. The highest BCUT2D eigenvalue weighted by atomic mass is 16.3. The van der Waals surface area contributed by atoms with Crippen molar-refractivity contribution in [2.24, 2.45) is 0 Å². The smallest absolute Gasteiger partial charge is 0.252 e. The van der Waals surface area contributed by atoms with Crippen LogP contribution in [0.5, 0.6) is 11.5 Å². The molecule has 6 heteroatoms. The molecule has 0 spiro atoms. The van der Waals surface area contributed by atoms with Crippen molar-refractivity contribution in [3.63, 3.8) is 0 Å². The van der Waals surface area contributed by atoms with E-state index in [0.717, 1.165) is 12.5 Å². The Labute approximate surface area is 111 Å². The average Bonchev–Trinajstić information content (AvgIpc) is 2.38. The van der Waals surface area contributed by atoms with Crippen LogP contribution in [0.15, 0.2) is 18.2 Å². The van der Waals surface area contributed by atoms with Gasteiger partial charge in [0.1, 0.15) is 6.04 Å². The molecule has 0 heterocycles. The Morgan fingerprint density at radius 3 is 2.53 bits per heavy atom. The second-order valence-electron chi connectivity index (χ2n) is 4.19. The average molecular weight is 266 g/mol. The molecular weight excluding hydrogens is 248 g/mol. The number of hydrogen-bond donors (Lipinski definition) is 4. The Kier molecular flexibility index (Phi) is 5.17. The summed E-state index contributed by atoms with van der Waals surface area (Å²) in [7, 11) is 0. The van der Waals surface area contributed by atoms with Crippen LogP contribution in [0.1, 0.15) is 30.6 Å². The lowest BCUT2D eigenvalue weighted by Crippen LogP contribution is -2.44. The largest absolute Gasteiger partial charge is 0.504 e. The number of carbonyl (C=O) groups is 2. The molecule has 0 aliphatic heterocycles. The van der Waals surface area contributed by atoms with Gasteiger partial charge in [-0.05, 0) is 31.5 Å². The molecule has 1 aromatic carbocycles. The normalized spacial score (nSPS) is 11.7.